The number of hydrogen-bond donors (Lipinski definition) is 0. The molecule has 4 nitrogen and oxygen atoms in total. The Morgan fingerprint density at radius 2 is 1.25 bits per heavy atom. The van der Waals surface area contributed by atoms with E-state index in [4.69, 9.17) is 9.47 Å². The number of nitrogens with zero attached hydrogens (tertiary/aromatic N) is 2. The molecule has 0 amide bonds. The summed E-state index contributed by atoms with van der Waals surface area (Å²) in [6.07, 6.45) is 0. The van der Waals surface area contributed by atoms with Crippen molar-refractivity contribution in [2.45, 2.75) is 0 Å². The quantitative estimate of drug-likeness (QED) is 0.837. The molecule has 0 saturated carbocycles. The van der Waals surface area contributed by atoms with Gasteiger partial charge in [-0.05, 0) is 44.0 Å². The van der Waals surface area contributed by atoms with E-state index in [0.717, 1.165) is 20.0 Å². The molecule has 6 heteroatoms. The van der Waals surface area contributed by atoms with Crippen LogP contribution in [0.4, 0.5) is 0 Å². The molecule has 1 aromatic carbocycles. The maximum absolute atomic E-state index is 5.09. The summed E-state index contributed by atoms with van der Waals surface area (Å²) in [5, 5.41) is 0. The molecule has 84 valence electrons. The molecule has 1 aromatic heterocycles. The molecule has 0 aliphatic heterocycles. The number of halogens is 2. The van der Waals surface area contributed by atoms with E-state index in [-0.39, 0.29) is 0 Å². The topological polar surface area (TPSA) is 44.2 Å². The van der Waals surface area contributed by atoms with Gasteiger partial charge in [0.25, 0.3) is 11.8 Å². The van der Waals surface area contributed by atoms with Crippen molar-refractivity contribution in [3.8, 4) is 11.8 Å². The summed E-state index contributed by atoms with van der Waals surface area (Å²) in [6.45, 7) is 0. The summed E-state index contributed by atoms with van der Waals surface area (Å²) in [5.41, 5.74) is 1.49. The van der Waals surface area contributed by atoms with Crippen LogP contribution in [0.5, 0.6) is 11.8 Å². The summed E-state index contributed by atoms with van der Waals surface area (Å²) >= 11 is 6.82. The van der Waals surface area contributed by atoms with Crippen molar-refractivity contribution >= 4 is 42.9 Å². The van der Waals surface area contributed by atoms with Gasteiger partial charge in [0.15, 0.2) is 0 Å². The fourth-order valence-corrected chi connectivity index (χ4v) is 1.95. The van der Waals surface area contributed by atoms with Crippen molar-refractivity contribution in [2.75, 3.05) is 14.2 Å². The summed E-state index contributed by atoms with van der Waals surface area (Å²) in [4.78, 5) is 8.61. The van der Waals surface area contributed by atoms with Crippen LogP contribution in [0, 0.1) is 0 Å². The minimum Gasteiger partial charge on any atom is -0.477 e. The lowest BCUT2D eigenvalue weighted by atomic mass is 10.3. The number of fused-ring (bicyclic) bond motifs is 1. The van der Waals surface area contributed by atoms with Gasteiger partial charge >= 0.3 is 0 Å². The van der Waals surface area contributed by atoms with Crippen molar-refractivity contribution in [3.63, 3.8) is 0 Å². The lowest BCUT2D eigenvalue weighted by Crippen LogP contribution is -1.97. The highest BCUT2D eigenvalue weighted by Gasteiger charge is 2.11. The van der Waals surface area contributed by atoms with Crippen molar-refractivity contribution in [1.82, 2.24) is 9.97 Å². The molecule has 2 aromatic rings. The number of benzene rings is 1. The molecule has 0 spiro atoms. The molecule has 0 fully saturated rings. The second-order valence-corrected chi connectivity index (χ2v) is 4.71. The highest BCUT2D eigenvalue weighted by Crippen LogP contribution is 2.30. The largest absolute Gasteiger partial charge is 0.477 e. The van der Waals surface area contributed by atoms with Crippen LogP contribution in [0.2, 0.25) is 0 Å². The van der Waals surface area contributed by atoms with Gasteiger partial charge in [-0.15, -0.1) is 0 Å². The Kier molecular flexibility index (Phi) is 3.30. The first-order valence-electron chi connectivity index (χ1n) is 4.40. The smallest absolute Gasteiger partial charge is 0.278 e. The molecular formula is C10H8Br2N2O2. The van der Waals surface area contributed by atoms with Gasteiger partial charge in [0.05, 0.1) is 25.3 Å². The van der Waals surface area contributed by atoms with E-state index >= 15 is 0 Å². The van der Waals surface area contributed by atoms with Gasteiger partial charge in [-0.1, -0.05) is 0 Å². The molecule has 1 heterocycles. The third-order valence-corrected chi connectivity index (χ3v) is 3.88. The molecular weight excluding hydrogens is 340 g/mol. The highest BCUT2D eigenvalue weighted by molar-refractivity contribution is 9.13. The molecule has 0 unspecified atom stereocenters. The van der Waals surface area contributed by atoms with Gasteiger partial charge < -0.3 is 9.47 Å². The lowest BCUT2D eigenvalue weighted by molar-refractivity contribution is 0.334. The van der Waals surface area contributed by atoms with E-state index in [9.17, 15) is 0 Å². The Morgan fingerprint density at radius 3 is 1.56 bits per heavy atom. The summed E-state index contributed by atoms with van der Waals surface area (Å²) in [6, 6.07) is 3.74. The number of aromatic nitrogens is 2. The van der Waals surface area contributed by atoms with Crippen molar-refractivity contribution in [1.29, 1.82) is 0 Å². The molecule has 0 radical (unpaired) electrons. The first kappa shape index (κ1) is 11.6. The third-order valence-electron chi connectivity index (χ3n) is 2.03. The first-order chi connectivity index (χ1) is 7.65. The minimum absolute atomic E-state index is 0.379. The van der Waals surface area contributed by atoms with Crippen LogP contribution in [0.3, 0.4) is 0 Å². The van der Waals surface area contributed by atoms with Crippen LogP contribution in [-0.4, -0.2) is 24.2 Å². The summed E-state index contributed by atoms with van der Waals surface area (Å²) in [5.74, 6) is 0.758. The van der Waals surface area contributed by atoms with E-state index in [1.54, 1.807) is 0 Å². The van der Waals surface area contributed by atoms with E-state index in [0.29, 0.717) is 11.8 Å². The number of methoxy groups -OCH3 is 2. The average Bonchev–Trinajstić information content (AvgIpc) is 2.29. The van der Waals surface area contributed by atoms with Crippen LogP contribution < -0.4 is 9.47 Å². The third kappa shape index (κ3) is 1.99. The standard InChI is InChI=1S/C10H8Br2N2O2/c1-15-9-10(16-2)14-8-4-6(12)5(11)3-7(8)13-9/h3-4H,1-2H3. The average molecular weight is 348 g/mol. The van der Waals surface area contributed by atoms with E-state index in [2.05, 4.69) is 41.8 Å². The van der Waals surface area contributed by atoms with Crippen LogP contribution >= 0.6 is 31.9 Å². The monoisotopic (exact) mass is 346 g/mol. The Hall–Kier alpha value is -0.880. The van der Waals surface area contributed by atoms with Crippen LogP contribution in [0.1, 0.15) is 0 Å². The number of ether oxygens (including phenoxy) is 2. The van der Waals surface area contributed by atoms with Gasteiger partial charge in [0.1, 0.15) is 0 Å². The molecule has 2 rings (SSSR count). The van der Waals surface area contributed by atoms with Gasteiger partial charge in [-0.2, -0.15) is 0 Å². The van der Waals surface area contributed by atoms with Crippen molar-refractivity contribution in [3.05, 3.63) is 21.1 Å². The molecule has 0 atom stereocenters. The van der Waals surface area contributed by atoms with E-state index < -0.39 is 0 Å². The molecule has 0 saturated heterocycles. The SMILES string of the molecule is COc1nc2cc(Br)c(Br)cc2nc1OC. The van der Waals surface area contributed by atoms with Crippen LogP contribution in [-0.2, 0) is 0 Å². The van der Waals surface area contributed by atoms with Gasteiger partial charge in [0.2, 0.25) is 0 Å². The Labute approximate surface area is 109 Å². The van der Waals surface area contributed by atoms with Crippen LogP contribution in [0.15, 0.2) is 21.1 Å². The minimum atomic E-state index is 0.379. The van der Waals surface area contributed by atoms with Gasteiger partial charge in [-0.25, -0.2) is 9.97 Å². The molecule has 0 aliphatic rings. The highest BCUT2D eigenvalue weighted by atomic mass is 79.9. The van der Waals surface area contributed by atoms with Gasteiger partial charge in [-0.3, -0.25) is 0 Å². The zero-order valence-electron chi connectivity index (χ0n) is 8.62. The van der Waals surface area contributed by atoms with Gasteiger partial charge in [0, 0.05) is 8.95 Å². The maximum Gasteiger partial charge on any atom is 0.278 e. The summed E-state index contributed by atoms with van der Waals surface area (Å²) < 4.78 is 12.0. The van der Waals surface area contributed by atoms with Crippen molar-refractivity contribution in [2.24, 2.45) is 0 Å². The lowest BCUT2D eigenvalue weighted by Gasteiger charge is -2.07. The second kappa shape index (κ2) is 4.55. The fourth-order valence-electron chi connectivity index (χ4n) is 1.29. The summed E-state index contributed by atoms with van der Waals surface area (Å²) in [7, 11) is 3.07. The number of hydrogen-bond acceptors (Lipinski definition) is 4. The molecule has 0 aliphatic carbocycles. The Bertz CT molecular complexity index is 497. The Morgan fingerprint density at radius 1 is 0.875 bits per heavy atom. The molecule has 16 heavy (non-hydrogen) atoms. The Balaban J connectivity index is 2.73. The fraction of sp³-hybridized carbons (Fsp3) is 0.200. The van der Waals surface area contributed by atoms with E-state index in [1.807, 2.05) is 12.1 Å². The molecule has 0 bridgehead atoms. The second-order valence-electron chi connectivity index (χ2n) is 3.00. The zero-order chi connectivity index (χ0) is 11.7. The first-order valence-corrected chi connectivity index (χ1v) is 5.99. The normalized spacial score (nSPS) is 10.5. The number of rotatable bonds is 2. The molecule has 0 N–H and O–H groups in total. The maximum atomic E-state index is 5.09. The zero-order valence-corrected chi connectivity index (χ0v) is 11.8. The van der Waals surface area contributed by atoms with Crippen molar-refractivity contribution < 1.29 is 9.47 Å². The predicted molar refractivity (Wildman–Crippen MR) is 68.0 cm³/mol. The van der Waals surface area contributed by atoms with Crippen LogP contribution in [0.25, 0.3) is 11.0 Å². The predicted octanol–water partition coefficient (Wildman–Crippen LogP) is 3.17. The van der Waals surface area contributed by atoms with E-state index in [1.165, 1.54) is 14.2 Å².